The predicted octanol–water partition coefficient (Wildman–Crippen LogP) is 1.32. The van der Waals surface area contributed by atoms with Gasteiger partial charge in [0.05, 0.1) is 29.4 Å². The Hall–Kier alpha value is -2.68. The van der Waals surface area contributed by atoms with E-state index in [-0.39, 0.29) is 11.5 Å². The van der Waals surface area contributed by atoms with Gasteiger partial charge in [-0.15, -0.1) is 0 Å². The molecule has 1 aliphatic rings. The summed E-state index contributed by atoms with van der Waals surface area (Å²) >= 11 is 0. The van der Waals surface area contributed by atoms with Crippen molar-refractivity contribution < 1.29 is 22.7 Å². The summed E-state index contributed by atoms with van der Waals surface area (Å²) in [6, 6.07) is 7.63. The molecule has 0 unspecified atom stereocenters. The van der Waals surface area contributed by atoms with Crippen molar-refractivity contribution in [2.75, 3.05) is 18.1 Å². The summed E-state index contributed by atoms with van der Waals surface area (Å²) in [5.41, 5.74) is 3.76. The number of hydrogen-bond acceptors (Lipinski definition) is 6. The molecule has 2 aromatic rings. The number of esters is 1. The van der Waals surface area contributed by atoms with Crippen molar-refractivity contribution in [2.45, 2.75) is 39.8 Å². The summed E-state index contributed by atoms with van der Waals surface area (Å²) < 4.78 is 29.8. The molecule has 1 atom stereocenters. The van der Waals surface area contributed by atoms with E-state index >= 15 is 0 Å². The Morgan fingerprint density at radius 1 is 1.21 bits per heavy atom. The monoisotopic (exact) mass is 419 g/mol. The van der Waals surface area contributed by atoms with Crippen LogP contribution in [0.4, 0.5) is 0 Å². The Balaban J connectivity index is 1.60. The second kappa shape index (κ2) is 8.36. The fourth-order valence-corrected chi connectivity index (χ4v) is 5.07. The van der Waals surface area contributed by atoms with E-state index in [1.807, 2.05) is 31.2 Å². The normalized spacial score (nSPS) is 17.8. The van der Waals surface area contributed by atoms with Gasteiger partial charge in [0, 0.05) is 6.04 Å². The SMILES string of the molecule is Cc1ccc(Cn2nc(C)c(C(=O)OCC(=O)N[C@@H]3CCS(=O)(=O)C3)c2C)cc1. The Morgan fingerprint density at radius 3 is 2.52 bits per heavy atom. The summed E-state index contributed by atoms with van der Waals surface area (Å²) in [5.74, 6) is -1.14. The van der Waals surface area contributed by atoms with Gasteiger partial charge in [-0.25, -0.2) is 13.2 Å². The molecule has 0 radical (unpaired) electrons. The van der Waals surface area contributed by atoms with Crippen molar-refractivity contribution in [1.29, 1.82) is 0 Å². The molecule has 0 bridgehead atoms. The highest BCUT2D eigenvalue weighted by atomic mass is 32.2. The number of carbonyl (C=O) groups excluding carboxylic acids is 2. The minimum atomic E-state index is -3.09. The van der Waals surface area contributed by atoms with Gasteiger partial charge in [-0.3, -0.25) is 9.48 Å². The van der Waals surface area contributed by atoms with Crippen LogP contribution in [0.25, 0.3) is 0 Å². The summed E-state index contributed by atoms with van der Waals surface area (Å²) in [7, 11) is -3.09. The largest absolute Gasteiger partial charge is 0.452 e. The van der Waals surface area contributed by atoms with Crippen molar-refractivity contribution in [3.63, 3.8) is 0 Å². The molecule has 3 rings (SSSR count). The van der Waals surface area contributed by atoms with Crippen molar-refractivity contribution in [3.05, 3.63) is 52.3 Å². The van der Waals surface area contributed by atoms with Crippen LogP contribution in [0, 0.1) is 20.8 Å². The van der Waals surface area contributed by atoms with Crippen LogP contribution in [0.3, 0.4) is 0 Å². The number of aryl methyl sites for hydroxylation is 2. The second-order valence-electron chi connectivity index (χ2n) is 7.43. The van der Waals surface area contributed by atoms with Gasteiger partial charge in [-0.2, -0.15) is 5.10 Å². The van der Waals surface area contributed by atoms with Crippen LogP contribution in [0.15, 0.2) is 24.3 Å². The van der Waals surface area contributed by atoms with Crippen LogP contribution in [0.2, 0.25) is 0 Å². The summed E-state index contributed by atoms with van der Waals surface area (Å²) in [6.45, 7) is 5.59. The van der Waals surface area contributed by atoms with Gasteiger partial charge >= 0.3 is 5.97 Å². The molecule has 0 saturated carbocycles. The summed E-state index contributed by atoms with van der Waals surface area (Å²) in [6.07, 6.45) is 0.381. The molecule has 8 nitrogen and oxygen atoms in total. The van der Waals surface area contributed by atoms with Crippen LogP contribution < -0.4 is 5.32 Å². The van der Waals surface area contributed by atoms with Crippen molar-refractivity contribution in [1.82, 2.24) is 15.1 Å². The van der Waals surface area contributed by atoms with Gasteiger partial charge in [0.15, 0.2) is 16.4 Å². The maximum Gasteiger partial charge on any atom is 0.342 e. The zero-order valence-electron chi connectivity index (χ0n) is 16.8. The minimum Gasteiger partial charge on any atom is -0.452 e. The number of carbonyl (C=O) groups is 2. The quantitative estimate of drug-likeness (QED) is 0.708. The van der Waals surface area contributed by atoms with Crippen LogP contribution in [-0.4, -0.2) is 54.2 Å². The highest BCUT2D eigenvalue weighted by Crippen LogP contribution is 2.17. The zero-order valence-corrected chi connectivity index (χ0v) is 17.6. The fourth-order valence-electron chi connectivity index (χ4n) is 3.39. The molecule has 1 aliphatic heterocycles. The van der Waals surface area contributed by atoms with Crippen LogP contribution >= 0.6 is 0 Å². The molecule has 1 fully saturated rings. The molecule has 9 heteroatoms. The molecular weight excluding hydrogens is 394 g/mol. The number of sulfone groups is 1. The second-order valence-corrected chi connectivity index (χ2v) is 9.66. The maximum absolute atomic E-state index is 12.5. The Labute approximate surface area is 170 Å². The average Bonchev–Trinajstić information content (AvgIpc) is 3.13. The van der Waals surface area contributed by atoms with Gasteiger partial charge in [0.25, 0.3) is 5.91 Å². The fraction of sp³-hybridized carbons (Fsp3) is 0.450. The topological polar surface area (TPSA) is 107 Å². The Kier molecular flexibility index (Phi) is 6.07. The number of ether oxygens (including phenoxy) is 1. The first kappa shape index (κ1) is 21.0. The van der Waals surface area contributed by atoms with E-state index in [1.54, 1.807) is 18.5 Å². The summed E-state index contributed by atoms with van der Waals surface area (Å²) in [4.78, 5) is 24.5. The van der Waals surface area contributed by atoms with Crippen LogP contribution in [0.5, 0.6) is 0 Å². The number of nitrogens with one attached hydrogen (secondary N) is 1. The number of aromatic nitrogens is 2. The summed E-state index contributed by atoms with van der Waals surface area (Å²) in [5, 5.41) is 7.02. The lowest BCUT2D eigenvalue weighted by Crippen LogP contribution is -2.38. The molecule has 2 heterocycles. The number of rotatable bonds is 6. The third-order valence-corrected chi connectivity index (χ3v) is 6.74. The van der Waals surface area contributed by atoms with Gasteiger partial charge in [-0.1, -0.05) is 29.8 Å². The molecule has 1 N–H and O–H groups in total. The van der Waals surface area contributed by atoms with E-state index in [2.05, 4.69) is 10.4 Å². The third kappa shape index (κ3) is 5.23. The van der Waals surface area contributed by atoms with E-state index in [4.69, 9.17) is 4.74 Å². The predicted molar refractivity (Wildman–Crippen MR) is 107 cm³/mol. The molecule has 0 spiro atoms. The molecule has 1 amide bonds. The first-order valence-corrected chi connectivity index (χ1v) is 11.2. The minimum absolute atomic E-state index is 0.0658. The van der Waals surface area contributed by atoms with Gasteiger partial charge in [0.2, 0.25) is 0 Å². The van der Waals surface area contributed by atoms with Crippen molar-refractivity contribution in [3.8, 4) is 0 Å². The number of nitrogens with zero attached hydrogens (tertiary/aromatic N) is 2. The van der Waals surface area contributed by atoms with Gasteiger partial charge < -0.3 is 10.1 Å². The average molecular weight is 420 g/mol. The highest BCUT2D eigenvalue weighted by Gasteiger charge is 2.29. The number of hydrogen-bond donors (Lipinski definition) is 1. The molecule has 0 aliphatic carbocycles. The van der Waals surface area contributed by atoms with Crippen molar-refractivity contribution >= 4 is 21.7 Å². The van der Waals surface area contributed by atoms with E-state index in [9.17, 15) is 18.0 Å². The molecule has 1 aromatic heterocycles. The molecule has 1 aromatic carbocycles. The smallest absolute Gasteiger partial charge is 0.342 e. The molecule has 29 heavy (non-hydrogen) atoms. The Bertz CT molecular complexity index is 1030. The van der Waals surface area contributed by atoms with Crippen molar-refractivity contribution in [2.24, 2.45) is 0 Å². The van der Waals surface area contributed by atoms with E-state index < -0.39 is 34.4 Å². The lowest BCUT2D eigenvalue weighted by atomic mass is 10.1. The van der Waals surface area contributed by atoms with Crippen LogP contribution in [-0.2, 0) is 25.9 Å². The van der Waals surface area contributed by atoms with Gasteiger partial charge in [0.1, 0.15) is 5.56 Å². The maximum atomic E-state index is 12.5. The molecule has 156 valence electrons. The van der Waals surface area contributed by atoms with E-state index in [0.717, 1.165) is 5.56 Å². The lowest BCUT2D eigenvalue weighted by Gasteiger charge is -2.11. The lowest BCUT2D eigenvalue weighted by molar-refractivity contribution is -0.124. The number of amides is 1. The Morgan fingerprint density at radius 2 is 1.90 bits per heavy atom. The molecule has 1 saturated heterocycles. The molecular formula is C20H25N3O5S. The van der Waals surface area contributed by atoms with E-state index in [0.29, 0.717) is 29.9 Å². The van der Waals surface area contributed by atoms with E-state index in [1.165, 1.54) is 5.56 Å². The highest BCUT2D eigenvalue weighted by molar-refractivity contribution is 7.91. The standard InChI is InChI=1S/C20H25N3O5S/c1-13-4-6-16(7-5-13)10-23-15(3)19(14(2)22-23)20(25)28-11-18(24)21-17-8-9-29(26,27)12-17/h4-7,17H,8-12H2,1-3H3,(H,21,24)/t17-/m1/s1. The third-order valence-electron chi connectivity index (χ3n) is 4.97. The van der Waals surface area contributed by atoms with Crippen LogP contribution in [0.1, 0.15) is 39.3 Å². The van der Waals surface area contributed by atoms with Gasteiger partial charge in [-0.05, 0) is 32.8 Å². The number of benzene rings is 1. The first-order chi connectivity index (χ1) is 13.6. The zero-order chi connectivity index (χ0) is 21.2. The first-order valence-electron chi connectivity index (χ1n) is 9.41.